The van der Waals surface area contributed by atoms with Gasteiger partial charge in [-0.25, -0.2) is 4.98 Å². The highest BCUT2D eigenvalue weighted by molar-refractivity contribution is 7.22. The van der Waals surface area contributed by atoms with E-state index < -0.39 is 0 Å². The number of nitrogens with zero attached hydrogens (tertiary/aromatic N) is 1. The van der Waals surface area contributed by atoms with E-state index in [0.717, 1.165) is 31.9 Å². The van der Waals surface area contributed by atoms with Crippen molar-refractivity contribution in [2.45, 2.75) is 0 Å². The molecule has 5 rings (SSSR count). The number of carbonyl (C=O) groups is 1. The van der Waals surface area contributed by atoms with Gasteiger partial charge in [-0.3, -0.25) is 4.79 Å². The van der Waals surface area contributed by atoms with E-state index in [1.165, 1.54) is 22.7 Å². The van der Waals surface area contributed by atoms with E-state index in [0.29, 0.717) is 20.5 Å². The van der Waals surface area contributed by atoms with E-state index >= 15 is 0 Å². The Kier molecular flexibility index (Phi) is 4.72. The lowest BCUT2D eigenvalue weighted by atomic mass is 10.0. The van der Waals surface area contributed by atoms with Gasteiger partial charge < -0.3 is 5.73 Å². The predicted molar refractivity (Wildman–Crippen MR) is 126 cm³/mol. The Morgan fingerprint density at radius 3 is 2.45 bits per heavy atom. The molecule has 4 heterocycles. The predicted octanol–water partition coefficient (Wildman–Crippen LogP) is 7.22. The summed E-state index contributed by atoms with van der Waals surface area (Å²) in [6.45, 7) is 0. The number of carbonyl (C=O) groups excluding carboxylic acids is 1. The highest BCUT2D eigenvalue weighted by Gasteiger charge is 2.23. The number of ketones is 1. The monoisotopic (exact) mass is 452 g/mol. The van der Waals surface area contributed by atoms with Crippen molar-refractivity contribution < 1.29 is 4.79 Å². The zero-order valence-corrected chi connectivity index (χ0v) is 18.1. The highest BCUT2D eigenvalue weighted by atomic mass is 35.5. The van der Waals surface area contributed by atoms with E-state index in [1.807, 2.05) is 65.4 Å². The van der Waals surface area contributed by atoms with Crippen LogP contribution in [0.15, 0.2) is 65.4 Å². The Hall–Kier alpha value is -2.51. The number of fused-ring (bicyclic) bond motifs is 1. The topological polar surface area (TPSA) is 56.0 Å². The van der Waals surface area contributed by atoms with Gasteiger partial charge in [-0.15, -0.1) is 34.0 Å². The Bertz CT molecular complexity index is 1320. The van der Waals surface area contributed by atoms with E-state index in [4.69, 9.17) is 22.3 Å². The van der Waals surface area contributed by atoms with Crippen LogP contribution in [0.1, 0.15) is 14.5 Å². The number of nitrogens with two attached hydrogens (primary N) is 1. The SMILES string of the molecule is Nc1c(C(=O)c2cccs2)sc2nc(-c3cccs3)cc(-c3ccc(Cl)cc3)c12. The molecule has 0 fully saturated rings. The first-order valence-electron chi connectivity index (χ1n) is 8.73. The van der Waals surface area contributed by atoms with Gasteiger partial charge in [0.15, 0.2) is 0 Å². The number of pyridine rings is 1. The standard InChI is InChI=1S/C22H13ClN2OS3/c23-13-7-5-12(6-8-13)14-11-15(16-3-1-9-27-16)25-22-18(14)19(24)21(29-22)20(26)17-4-2-10-28-17/h1-11H,24H2. The van der Waals surface area contributed by atoms with Crippen molar-refractivity contribution in [3.8, 4) is 21.7 Å². The molecule has 7 heteroatoms. The molecule has 0 atom stereocenters. The average Bonchev–Trinajstić information content (AvgIpc) is 3.49. The molecule has 0 bridgehead atoms. The van der Waals surface area contributed by atoms with E-state index in [-0.39, 0.29) is 5.78 Å². The maximum Gasteiger partial charge on any atom is 0.215 e. The molecule has 3 nitrogen and oxygen atoms in total. The molecule has 0 aliphatic rings. The molecule has 142 valence electrons. The second-order valence-corrected chi connectivity index (χ2v) is 9.70. The third kappa shape index (κ3) is 3.28. The number of hydrogen-bond donors (Lipinski definition) is 1. The summed E-state index contributed by atoms with van der Waals surface area (Å²) in [4.78, 5) is 20.9. The minimum absolute atomic E-state index is 0.0553. The van der Waals surface area contributed by atoms with Crippen LogP contribution in [0.2, 0.25) is 5.02 Å². The third-order valence-electron chi connectivity index (χ3n) is 4.58. The quantitative estimate of drug-likeness (QED) is 0.293. The first-order valence-corrected chi connectivity index (χ1v) is 11.7. The molecule has 0 aliphatic carbocycles. The average molecular weight is 453 g/mol. The van der Waals surface area contributed by atoms with Crippen molar-refractivity contribution in [1.82, 2.24) is 4.98 Å². The molecule has 1 aromatic carbocycles. The van der Waals surface area contributed by atoms with Crippen LogP contribution in [0, 0.1) is 0 Å². The Labute approximate surface area is 184 Å². The van der Waals surface area contributed by atoms with Gasteiger partial charge in [0.1, 0.15) is 9.71 Å². The van der Waals surface area contributed by atoms with Crippen molar-refractivity contribution in [2.75, 3.05) is 5.73 Å². The fraction of sp³-hybridized carbons (Fsp3) is 0. The van der Waals surface area contributed by atoms with E-state index in [9.17, 15) is 4.79 Å². The number of anilines is 1. The largest absolute Gasteiger partial charge is 0.397 e. The molecular formula is C22H13ClN2OS3. The minimum atomic E-state index is -0.0553. The highest BCUT2D eigenvalue weighted by Crippen LogP contribution is 2.42. The third-order valence-corrected chi connectivity index (χ3v) is 7.69. The molecule has 4 aromatic heterocycles. The lowest BCUT2D eigenvalue weighted by Crippen LogP contribution is -1.99. The van der Waals surface area contributed by atoms with Gasteiger partial charge in [-0.2, -0.15) is 0 Å². The van der Waals surface area contributed by atoms with Crippen LogP contribution in [-0.4, -0.2) is 10.8 Å². The van der Waals surface area contributed by atoms with Gasteiger partial charge >= 0.3 is 0 Å². The summed E-state index contributed by atoms with van der Waals surface area (Å²) in [5.41, 5.74) is 9.81. The number of thiophene rings is 3. The van der Waals surface area contributed by atoms with Gasteiger partial charge in [0.25, 0.3) is 0 Å². The summed E-state index contributed by atoms with van der Waals surface area (Å²) in [5.74, 6) is -0.0553. The molecule has 0 spiro atoms. The Morgan fingerprint density at radius 2 is 1.76 bits per heavy atom. The number of aromatic nitrogens is 1. The lowest BCUT2D eigenvalue weighted by molar-refractivity contribution is 0.104. The summed E-state index contributed by atoms with van der Waals surface area (Å²) in [6.07, 6.45) is 0. The van der Waals surface area contributed by atoms with Crippen molar-refractivity contribution in [1.29, 1.82) is 0 Å². The normalized spacial score (nSPS) is 11.2. The maximum absolute atomic E-state index is 13.0. The van der Waals surface area contributed by atoms with Gasteiger partial charge in [0.05, 0.1) is 21.1 Å². The Morgan fingerprint density at radius 1 is 1.00 bits per heavy atom. The number of benzene rings is 1. The van der Waals surface area contributed by atoms with Crippen molar-refractivity contribution in [2.24, 2.45) is 0 Å². The lowest BCUT2D eigenvalue weighted by Gasteiger charge is -2.08. The first-order chi connectivity index (χ1) is 14.1. The number of rotatable bonds is 4. The van der Waals surface area contributed by atoms with Crippen molar-refractivity contribution in [3.05, 3.63) is 80.1 Å². The molecule has 5 aromatic rings. The fourth-order valence-corrected chi connectivity index (χ4v) is 5.84. The zero-order valence-electron chi connectivity index (χ0n) is 14.9. The number of nitrogen functional groups attached to an aromatic ring is 1. The number of halogens is 1. The van der Waals surface area contributed by atoms with Crippen LogP contribution in [0.25, 0.3) is 31.9 Å². The van der Waals surface area contributed by atoms with E-state index in [1.54, 1.807) is 11.3 Å². The number of hydrogen-bond acceptors (Lipinski definition) is 6. The van der Waals surface area contributed by atoms with Crippen molar-refractivity contribution in [3.63, 3.8) is 0 Å². The second kappa shape index (κ2) is 7.39. The van der Waals surface area contributed by atoms with Crippen LogP contribution >= 0.6 is 45.6 Å². The molecule has 0 amide bonds. The summed E-state index contributed by atoms with van der Waals surface area (Å²) in [7, 11) is 0. The molecule has 29 heavy (non-hydrogen) atoms. The molecule has 0 aliphatic heterocycles. The van der Waals surface area contributed by atoms with E-state index in [2.05, 4.69) is 0 Å². The molecule has 0 saturated heterocycles. The molecule has 0 saturated carbocycles. The van der Waals surface area contributed by atoms with Gasteiger partial charge in [0.2, 0.25) is 5.78 Å². The fourth-order valence-electron chi connectivity index (χ4n) is 3.22. The van der Waals surface area contributed by atoms with Gasteiger partial charge in [-0.05, 0) is 52.2 Å². The first kappa shape index (κ1) is 18.5. The molecule has 2 N–H and O–H groups in total. The summed E-state index contributed by atoms with van der Waals surface area (Å²) < 4.78 is 0. The smallest absolute Gasteiger partial charge is 0.215 e. The van der Waals surface area contributed by atoms with Crippen molar-refractivity contribution >= 4 is 67.3 Å². The Balaban J connectivity index is 1.78. The molecule has 0 unspecified atom stereocenters. The summed E-state index contributed by atoms with van der Waals surface area (Å²) >= 11 is 10.5. The van der Waals surface area contributed by atoms with Gasteiger partial charge in [0, 0.05) is 10.4 Å². The molecule has 0 radical (unpaired) electrons. The van der Waals surface area contributed by atoms with Crippen LogP contribution < -0.4 is 5.73 Å². The summed E-state index contributed by atoms with van der Waals surface area (Å²) in [6, 6.07) is 17.4. The van der Waals surface area contributed by atoms with Crippen LogP contribution in [0.4, 0.5) is 5.69 Å². The van der Waals surface area contributed by atoms with Crippen LogP contribution in [0.3, 0.4) is 0 Å². The zero-order chi connectivity index (χ0) is 20.0. The van der Waals surface area contributed by atoms with Crippen LogP contribution in [0.5, 0.6) is 0 Å². The summed E-state index contributed by atoms with van der Waals surface area (Å²) in [5, 5.41) is 5.41. The van der Waals surface area contributed by atoms with Gasteiger partial charge in [-0.1, -0.05) is 35.9 Å². The van der Waals surface area contributed by atoms with Crippen LogP contribution in [-0.2, 0) is 0 Å². The maximum atomic E-state index is 13.0. The second-order valence-electron chi connectivity index (χ2n) is 6.37. The minimum Gasteiger partial charge on any atom is -0.397 e. The molecular weight excluding hydrogens is 440 g/mol.